The van der Waals surface area contributed by atoms with Crippen molar-refractivity contribution in [2.45, 2.75) is 38.6 Å². The molecule has 0 aromatic carbocycles. The fourth-order valence-electron chi connectivity index (χ4n) is 2.21. The van der Waals surface area contributed by atoms with Crippen molar-refractivity contribution in [2.75, 3.05) is 13.1 Å². The molecule has 3 nitrogen and oxygen atoms in total. The average molecular weight is 324 g/mol. The Morgan fingerprint density at radius 1 is 1.24 bits per heavy atom. The van der Waals surface area contributed by atoms with E-state index < -0.39 is 0 Å². The Morgan fingerprint density at radius 3 is 2.81 bits per heavy atom. The molecule has 2 heterocycles. The highest BCUT2D eigenvalue weighted by atomic mass is 35.5. The van der Waals surface area contributed by atoms with Crippen LogP contribution in [0.2, 0.25) is 0 Å². The molecule has 0 unspecified atom stereocenters. The number of hydrogen-bond acceptors (Lipinski definition) is 4. The fourth-order valence-corrected chi connectivity index (χ4v) is 3.28. The molecule has 0 atom stereocenters. The molecule has 0 N–H and O–H groups in total. The molecule has 0 radical (unpaired) electrons. The van der Waals surface area contributed by atoms with Gasteiger partial charge in [-0.25, -0.2) is 4.98 Å². The van der Waals surface area contributed by atoms with Crippen molar-refractivity contribution in [3.05, 3.63) is 46.2 Å². The summed E-state index contributed by atoms with van der Waals surface area (Å²) < 4.78 is 0. The van der Waals surface area contributed by atoms with Crippen LogP contribution in [0.15, 0.2) is 29.8 Å². The van der Waals surface area contributed by atoms with E-state index in [4.69, 9.17) is 11.6 Å². The fraction of sp³-hybridized carbons (Fsp3) is 0.500. The molecule has 2 rings (SSSR count). The van der Waals surface area contributed by atoms with E-state index in [9.17, 15) is 0 Å². The highest BCUT2D eigenvalue weighted by Crippen LogP contribution is 2.14. The first kappa shape index (κ1) is 16.4. The minimum absolute atomic E-state index is 0.518. The van der Waals surface area contributed by atoms with E-state index in [0.717, 1.165) is 37.4 Å². The van der Waals surface area contributed by atoms with Gasteiger partial charge in [0, 0.05) is 18.1 Å². The van der Waals surface area contributed by atoms with Crippen molar-refractivity contribution in [1.82, 2.24) is 14.9 Å². The van der Waals surface area contributed by atoms with Gasteiger partial charge in [0.2, 0.25) is 0 Å². The lowest BCUT2D eigenvalue weighted by molar-refractivity contribution is 0.270. The van der Waals surface area contributed by atoms with Gasteiger partial charge in [0.05, 0.1) is 22.3 Å². The number of halogens is 1. The van der Waals surface area contributed by atoms with E-state index in [1.165, 1.54) is 17.8 Å². The lowest BCUT2D eigenvalue weighted by atomic mass is 10.2. The van der Waals surface area contributed by atoms with Crippen molar-refractivity contribution in [2.24, 2.45) is 0 Å². The zero-order valence-corrected chi connectivity index (χ0v) is 14.0. The highest BCUT2D eigenvalue weighted by Gasteiger charge is 2.05. The van der Waals surface area contributed by atoms with Crippen molar-refractivity contribution >= 4 is 22.9 Å². The van der Waals surface area contributed by atoms with Crippen LogP contribution in [0.4, 0.5) is 0 Å². The molecule has 0 aliphatic rings. The third-order valence-electron chi connectivity index (χ3n) is 3.41. The standard InChI is InChI=1S/C16H22ClN3S/c1-2-20(12-14-7-3-5-9-18-14)10-6-4-8-16-19-15(11-17)13-21-16/h3,5,7,9,13H,2,4,6,8,10-12H2,1H3. The van der Waals surface area contributed by atoms with Gasteiger partial charge in [-0.05, 0) is 44.5 Å². The van der Waals surface area contributed by atoms with Crippen LogP contribution in [0.5, 0.6) is 0 Å². The van der Waals surface area contributed by atoms with Gasteiger partial charge in [0.1, 0.15) is 0 Å². The zero-order chi connectivity index (χ0) is 14.9. The molecule has 2 aromatic rings. The van der Waals surface area contributed by atoms with Gasteiger partial charge < -0.3 is 0 Å². The summed E-state index contributed by atoms with van der Waals surface area (Å²) in [4.78, 5) is 11.3. The number of rotatable bonds is 9. The maximum absolute atomic E-state index is 5.77. The molecule has 0 saturated carbocycles. The number of alkyl halides is 1. The molecular formula is C16H22ClN3S. The van der Waals surface area contributed by atoms with Crippen LogP contribution in [0.25, 0.3) is 0 Å². The monoisotopic (exact) mass is 323 g/mol. The molecule has 0 amide bonds. The summed E-state index contributed by atoms with van der Waals surface area (Å²) in [5, 5.41) is 3.26. The van der Waals surface area contributed by atoms with Crippen LogP contribution < -0.4 is 0 Å². The summed E-state index contributed by atoms with van der Waals surface area (Å²) in [5.74, 6) is 0.518. The smallest absolute Gasteiger partial charge is 0.0928 e. The normalized spacial score (nSPS) is 11.2. The SMILES string of the molecule is CCN(CCCCc1nc(CCl)cs1)Cc1ccccn1. The van der Waals surface area contributed by atoms with Crippen molar-refractivity contribution in [1.29, 1.82) is 0 Å². The molecule has 2 aromatic heterocycles. The van der Waals surface area contributed by atoms with Crippen molar-refractivity contribution < 1.29 is 0 Å². The summed E-state index contributed by atoms with van der Waals surface area (Å²) in [6, 6.07) is 6.10. The van der Waals surface area contributed by atoms with Crippen LogP contribution in [-0.2, 0) is 18.8 Å². The van der Waals surface area contributed by atoms with Gasteiger partial charge in [0.15, 0.2) is 0 Å². The molecule has 0 aliphatic heterocycles. The number of unbranched alkanes of at least 4 members (excludes halogenated alkanes) is 1. The Kier molecular flexibility index (Phi) is 7.13. The lowest BCUT2D eigenvalue weighted by Gasteiger charge is -2.19. The first-order valence-electron chi connectivity index (χ1n) is 7.43. The molecule has 0 aliphatic carbocycles. The Hall–Kier alpha value is -0.970. The highest BCUT2D eigenvalue weighted by molar-refractivity contribution is 7.09. The van der Waals surface area contributed by atoms with E-state index in [1.807, 2.05) is 18.3 Å². The Morgan fingerprint density at radius 2 is 2.14 bits per heavy atom. The van der Waals surface area contributed by atoms with Gasteiger partial charge in [0.25, 0.3) is 0 Å². The third kappa shape index (κ3) is 5.73. The first-order chi connectivity index (χ1) is 10.3. The summed E-state index contributed by atoms with van der Waals surface area (Å²) in [6.45, 7) is 5.31. The minimum atomic E-state index is 0.518. The number of nitrogens with zero attached hydrogens (tertiary/aromatic N) is 3. The third-order valence-corrected chi connectivity index (χ3v) is 4.64. The van der Waals surface area contributed by atoms with Crippen molar-refractivity contribution in [3.63, 3.8) is 0 Å². The minimum Gasteiger partial charge on any atom is -0.298 e. The quantitative estimate of drug-likeness (QED) is 0.513. The maximum Gasteiger partial charge on any atom is 0.0928 e. The number of pyridine rings is 1. The van der Waals surface area contributed by atoms with Crippen molar-refractivity contribution in [3.8, 4) is 0 Å². The van der Waals surface area contributed by atoms with Crippen LogP contribution >= 0.6 is 22.9 Å². The maximum atomic E-state index is 5.77. The second-order valence-corrected chi connectivity index (χ2v) is 6.22. The number of hydrogen-bond donors (Lipinski definition) is 0. The topological polar surface area (TPSA) is 29.0 Å². The largest absolute Gasteiger partial charge is 0.298 e. The molecule has 0 bridgehead atoms. The van der Waals surface area contributed by atoms with Gasteiger partial charge >= 0.3 is 0 Å². The van der Waals surface area contributed by atoms with Gasteiger partial charge in [-0.15, -0.1) is 22.9 Å². The van der Waals surface area contributed by atoms with Crippen LogP contribution in [-0.4, -0.2) is 28.0 Å². The first-order valence-corrected chi connectivity index (χ1v) is 8.84. The summed E-state index contributed by atoms with van der Waals surface area (Å²) >= 11 is 7.49. The molecule has 5 heteroatoms. The van der Waals surface area contributed by atoms with Gasteiger partial charge in [-0.2, -0.15) is 0 Å². The number of aryl methyl sites for hydroxylation is 1. The molecule has 21 heavy (non-hydrogen) atoms. The molecule has 0 spiro atoms. The van der Waals surface area contributed by atoms with Crippen LogP contribution in [0.1, 0.15) is 36.2 Å². The van der Waals surface area contributed by atoms with E-state index in [1.54, 1.807) is 11.3 Å². The summed E-state index contributed by atoms with van der Waals surface area (Å²) in [6.07, 6.45) is 5.28. The molecule has 114 valence electrons. The molecule has 0 fully saturated rings. The van der Waals surface area contributed by atoms with Crippen LogP contribution in [0.3, 0.4) is 0 Å². The van der Waals surface area contributed by atoms with Gasteiger partial charge in [-0.1, -0.05) is 13.0 Å². The Labute approximate surface area is 136 Å². The molecule has 0 saturated heterocycles. The zero-order valence-electron chi connectivity index (χ0n) is 12.5. The number of thiazole rings is 1. The lowest BCUT2D eigenvalue weighted by Crippen LogP contribution is -2.24. The van der Waals surface area contributed by atoms with E-state index in [-0.39, 0.29) is 0 Å². The summed E-state index contributed by atoms with van der Waals surface area (Å²) in [5.41, 5.74) is 2.15. The predicted molar refractivity (Wildman–Crippen MR) is 89.8 cm³/mol. The Bertz CT molecular complexity index is 515. The second-order valence-electron chi connectivity index (χ2n) is 5.01. The van der Waals surface area contributed by atoms with Gasteiger partial charge in [-0.3, -0.25) is 9.88 Å². The van der Waals surface area contributed by atoms with E-state index in [0.29, 0.717) is 5.88 Å². The van der Waals surface area contributed by atoms with E-state index in [2.05, 4.69) is 33.2 Å². The summed E-state index contributed by atoms with van der Waals surface area (Å²) in [7, 11) is 0. The predicted octanol–water partition coefficient (Wildman–Crippen LogP) is 4.12. The van der Waals surface area contributed by atoms with Crippen LogP contribution in [0, 0.1) is 0 Å². The number of aromatic nitrogens is 2. The van der Waals surface area contributed by atoms with E-state index >= 15 is 0 Å². The second kappa shape index (κ2) is 9.13. The molecular weight excluding hydrogens is 302 g/mol. The average Bonchev–Trinajstić information content (AvgIpc) is 2.99. The Balaban J connectivity index is 1.68.